The molecule has 1 aromatic carbocycles. The van der Waals surface area contributed by atoms with Gasteiger partial charge in [-0.15, -0.1) is 0 Å². The van der Waals surface area contributed by atoms with Gasteiger partial charge >= 0.3 is 5.97 Å². The lowest BCUT2D eigenvalue weighted by atomic mass is 9.95. The number of hydrogen-bond acceptors (Lipinski definition) is 6. The van der Waals surface area contributed by atoms with E-state index < -0.39 is 5.97 Å². The molecule has 1 heterocycles. The number of amides is 1. The average molecular weight is 488 g/mol. The molecule has 1 aromatic rings. The standard InChI is InChI=1S/C25H33N3O5S/c1-4-5-6-7-19(2)26-25(34)33-22-10-8-21(9-11-22)32-17-16-28-14-12-20(13-15-28)24(31)27(3)18-23(29)30/h4-11,20H,1,12-18H2,2-3H3,(H,26,34)(H,29,30)/b6-5-,19-7+. The van der Waals surface area contributed by atoms with E-state index in [1.807, 2.05) is 37.3 Å². The molecule has 0 saturated carbocycles. The first-order valence-electron chi connectivity index (χ1n) is 11.1. The number of thiocarbonyl (C=S) groups is 1. The molecule has 34 heavy (non-hydrogen) atoms. The number of benzene rings is 1. The molecule has 1 fully saturated rings. The van der Waals surface area contributed by atoms with Crippen molar-refractivity contribution in [1.29, 1.82) is 0 Å². The first-order valence-corrected chi connectivity index (χ1v) is 11.6. The number of aliphatic carboxylic acids is 1. The number of carbonyl (C=O) groups is 2. The minimum absolute atomic E-state index is 0.0917. The minimum atomic E-state index is -0.996. The molecule has 0 aromatic heterocycles. The van der Waals surface area contributed by atoms with Crippen LogP contribution in [0.5, 0.6) is 11.5 Å². The van der Waals surface area contributed by atoms with Gasteiger partial charge in [0.05, 0.1) is 0 Å². The molecule has 9 heteroatoms. The zero-order valence-corrected chi connectivity index (χ0v) is 20.6. The Morgan fingerprint density at radius 2 is 1.88 bits per heavy atom. The molecule has 2 rings (SSSR count). The number of rotatable bonds is 11. The lowest BCUT2D eigenvalue weighted by molar-refractivity contribution is -0.145. The predicted octanol–water partition coefficient (Wildman–Crippen LogP) is 3.22. The molecule has 8 nitrogen and oxygen atoms in total. The number of nitrogens with one attached hydrogen (secondary N) is 1. The van der Waals surface area contributed by atoms with Gasteiger partial charge in [-0.2, -0.15) is 0 Å². The quantitative estimate of drug-likeness (QED) is 0.363. The molecule has 1 aliphatic rings. The van der Waals surface area contributed by atoms with Crippen molar-refractivity contribution in [1.82, 2.24) is 15.1 Å². The first kappa shape index (κ1) is 27.1. The van der Waals surface area contributed by atoms with E-state index in [1.165, 1.54) is 4.90 Å². The Bertz CT molecular complexity index is 906. The Balaban J connectivity index is 1.68. The SMILES string of the molecule is C=C/C=C\C=C(/C)NC(=S)Oc1ccc(OCCN2CCC(C(=O)N(C)CC(=O)O)CC2)cc1. The van der Waals surface area contributed by atoms with Crippen molar-refractivity contribution in [3.63, 3.8) is 0 Å². The Morgan fingerprint density at radius 3 is 2.50 bits per heavy atom. The Labute approximate surface area is 206 Å². The molecule has 0 radical (unpaired) electrons. The minimum Gasteiger partial charge on any atom is -0.492 e. The summed E-state index contributed by atoms with van der Waals surface area (Å²) in [7, 11) is 1.54. The summed E-state index contributed by atoms with van der Waals surface area (Å²) in [4.78, 5) is 26.7. The van der Waals surface area contributed by atoms with Gasteiger partial charge in [-0.25, -0.2) is 0 Å². The molecule has 0 aliphatic carbocycles. The van der Waals surface area contributed by atoms with Gasteiger partial charge in [-0.05, 0) is 75.4 Å². The van der Waals surface area contributed by atoms with Crippen LogP contribution in [-0.2, 0) is 9.59 Å². The van der Waals surface area contributed by atoms with Crippen LogP contribution in [0.4, 0.5) is 0 Å². The average Bonchev–Trinajstić information content (AvgIpc) is 2.80. The second-order valence-corrected chi connectivity index (χ2v) is 8.38. The lowest BCUT2D eigenvalue weighted by Crippen LogP contribution is -2.43. The number of nitrogens with zero attached hydrogens (tertiary/aromatic N) is 2. The molecule has 1 saturated heterocycles. The Morgan fingerprint density at radius 1 is 1.24 bits per heavy atom. The van der Waals surface area contributed by atoms with E-state index in [-0.39, 0.29) is 23.5 Å². The van der Waals surface area contributed by atoms with E-state index in [0.29, 0.717) is 12.4 Å². The van der Waals surface area contributed by atoms with E-state index >= 15 is 0 Å². The van der Waals surface area contributed by atoms with Crippen molar-refractivity contribution in [2.24, 2.45) is 5.92 Å². The highest BCUT2D eigenvalue weighted by Gasteiger charge is 2.27. The summed E-state index contributed by atoms with van der Waals surface area (Å²) in [6.07, 6.45) is 8.68. The molecule has 184 valence electrons. The predicted molar refractivity (Wildman–Crippen MR) is 136 cm³/mol. The van der Waals surface area contributed by atoms with E-state index in [0.717, 1.165) is 43.9 Å². The number of carboxylic acids is 1. The molecule has 0 bridgehead atoms. The van der Waals surface area contributed by atoms with Crippen LogP contribution in [0, 0.1) is 5.92 Å². The maximum Gasteiger partial charge on any atom is 0.323 e. The zero-order valence-electron chi connectivity index (χ0n) is 19.7. The maximum absolute atomic E-state index is 12.3. The van der Waals surface area contributed by atoms with Crippen molar-refractivity contribution in [2.45, 2.75) is 19.8 Å². The molecule has 1 amide bonds. The van der Waals surface area contributed by atoms with Crippen LogP contribution in [0.1, 0.15) is 19.8 Å². The highest BCUT2D eigenvalue weighted by atomic mass is 32.1. The number of carboxylic acid groups (broad SMARTS) is 1. The number of likely N-dealkylation sites (tertiary alicyclic amines) is 1. The van der Waals surface area contributed by atoms with Gasteiger partial charge in [0.15, 0.2) is 0 Å². The largest absolute Gasteiger partial charge is 0.492 e. The normalized spacial score (nSPS) is 15.1. The van der Waals surface area contributed by atoms with Crippen molar-refractivity contribution in [3.05, 3.63) is 60.8 Å². The number of likely N-dealkylation sites (N-methyl/N-ethyl adjacent to an activating group) is 1. The summed E-state index contributed by atoms with van der Waals surface area (Å²) < 4.78 is 11.5. The third-order valence-electron chi connectivity index (χ3n) is 5.29. The van der Waals surface area contributed by atoms with Gasteiger partial charge in [0.25, 0.3) is 5.17 Å². The van der Waals surface area contributed by atoms with Gasteiger partial charge in [-0.3, -0.25) is 14.5 Å². The fraction of sp³-hybridized carbons (Fsp3) is 0.400. The molecule has 0 spiro atoms. The van der Waals surface area contributed by atoms with Gasteiger partial charge in [0, 0.05) is 25.2 Å². The van der Waals surface area contributed by atoms with Crippen LogP contribution in [-0.4, -0.2) is 71.8 Å². The highest BCUT2D eigenvalue weighted by molar-refractivity contribution is 7.80. The molecule has 0 unspecified atom stereocenters. The number of hydrogen-bond donors (Lipinski definition) is 2. The highest BCUT2D eigenvalue weighted by Crippen LogP contribution is 2.20. The van der Waals surface area contributed by atoms with E-state index in [2.05, 4.69) is 16.8 Å². The summed E-state index contributed by atoms with van der Waals surface area (Å²) >= 11 is 5.22. The number of piperidine rings is 1. The molecular formula is C25H33N3O5S. The third kappa shape index (κ3) is 9.76. The van der Waals surface area contributed by atoms with Gasteiger partial charge in [-0.1, -0.05) is 24.8 Å². The maximum atomic E-state index is 12.3. The summed E-state index contributed by atoms with van der Waals surface area (Å²) in [6.45, 7) is 8.10. The van der Waals surface area contributed by atoms with E-state index in [1.54, 1.807) is 25.3 Å². The zero-order chi connectivity index (χ0) is 24.9. The van der Waals surface area contributed by atoms with Crippen LogP contribution >= 0.6 is 12.2 Å². The van der Waals surface area contributed by atoms with E-state index in [4.69, 9.17) is 26.8 Å². The Kier molecular flexibility index (Phi) is 11.3. The Hall–Kier alpha value is -3.17. The lowest BCUT2D eigenvalue weighted by Gasteiger charge is -2.32. The number of ether oxygens (including phenoxy) is 2. The number of allylic oxidation sites excluding steroid dienone is 5. The van der Waals surface area contributed by atoms with Crippen molar-refractivity contribution >= 4 is 29.3 Å². The van der Waals surface area contributed by atoms with Crippen LogP contribution in [0.3, 0.4) is 0 Å². The third-order valence-corrected chi connectivity index (χ3v) is 5.47. The van der Waals surface area contributed by atoms with E-state index in [9.17, 15) is 9.59 Å². The summed E-state index contributed by atoms with van der Waals surface area (Å²) in [5.41, 5.74) is 0.851. The molecule has 0 atom stereocenters. The molecular weight excluding hydrogens is 454 g/mol. The molecule has 1 aliphatic heterocycles. The van der Waals surface area contributed by atoms with Crippen LogP contribution in [0.2, 0.25) is 0 Å². The smallest absolute Gasteiger partial charge is 0.323 e. The summed E-state index contributed by atoms with van der Waals surface area (Å²) in [5.74, 6) is 0.142. The first-order chi connectivity index (χ1) is 16.3. The fourth-order valence-electron chi connectivity index (χ4n) is 3.51. The second-order valence-electron chi connectivity index (χ2n) is 8.01. The van der Waals surface area contributed by atoms with Crippen LogP contribution in [0.15, 0.2) is 60.8 Å². The molecule has 2 N–H and O–H groups in total. The van der Waals surface area contributed by atoms with Gasteiger partial charge in [0.1, 0.15) is 24.7 Å². The van der Waals surface area contributed by atoms with Crippen molar-refractivity contribution in [2.75, 3.05) is 39.8 Å². The van der Waals surface area contributed by atoms with Gasteiger partial charge in [0.2, 0.25) is 5.91 Å². The monoisotopic (exact) mass is 487 g/mol. The fourth-order valence-corrected chi connectivity index (χ4v) is 3.76. The van der Waals surface area contributed by atoms with Crippen LogP contribution in [0.25, 0.3) is 0 Å². The summed E-state index contributed by atoms with van der Waals surface area (Å²) in [6, 6.07) is 7.25. The topological polar surface area (TPSA) is 91.3 Å². The summed E-state index contributed by atoms with van der Waals surface area (Å²) in [5, 5.41) is 12.1. The van der Waals surface area contributed by atoms with Gasteiger partial charge < -0.3 is 24.8 Å². The van der Waals surface area contributed by atoms with Crippen molar-refractivity contribution < 1.29 is 24.2 Å². The van der Waals surface area contributed by atoms with Crippen LogP contribution < -0.4 is 14.8 Å². The number of carbonyl (C=O) groups excluding carboxylic acids is 1. The second kappa shape index (κ2) is 14.2. The van der Waals surface area contributed by atoms with Crippen molar-refractivity contribution in [3.8, 4) is 11.5 Å².